The van der Waals surface area contributed by atoms with E-state index in [1.54, 1.807) is 0 Å². The van der Waals surface area contributed by atoms with Crippen LogP contribution in [0.2, 0.25) is 0 Å². The molecule has 1 aliphatic rings. The summed E-state index contributed by atoms with van der Waals surface area (Å²) < 4.78 is 0. The molecule has 2 nitrogen and oxygen atoms in total. The molecular weight excluding hydrogens is 200 g/mol. The highest BCUT2D eigenvalue weighted by molar-refractivity contribution is 5.85. The molecule has 0 saturated heterocycles. The molecule has 1 N–H and O–H groups in total. The average Bonchev–Trinajstić information content (AvgIpc) is 2.03. The van der Waals surface area contributed by atoms with Crippen molar-refractivity contribution in [3.05, 3.63) is 0 Å². The molecule has 1 fully saturated rings. The minimum Gasteiger partial charge on any atom is -0.481 e. The summed E-state index contributed by atoms with van der Waals surface area (Å²) in [4.78, 5) is 10.7. The Morgan fingerprint density at radius 3 is 1.86 bits per heavy atom. The first-order valence-electron chi connectivity index (χ1n) is 5.14. The number of halogens is 1. The van der Waals surface area contributed by atoms with Gasteiger partial charge in [-0.1, -0.05) is 20.8 Å². The largest absolute Gasteiger partial charge is 0.481 e. The second-order valence-electron chi connectivity index (χ2n) is 5.25. The molecule has 1 aliphatic carbocycles. The van der Waals surface area contributed by atoms with Crippen molar-refractivity contribution in [2.75, 3.05) is 0 Å². The predicted octanol–water partition coefficient (Wildman–Crippen LogP) is 3.35. The number of carbonyl (C=O) groups is 1. The van der Waals surface area contributed by atoms with Gasteiger partial charge in [-0.3, -0.25) is 4.79 Å². The van der Waals surface area contributed by atoms with Crippen LogP contribution >= 0.6 is 12.4 Å². The van der Waals surface area contributed by atoms with Crippen LogP contribution in [0.5, 0.6) is 0 Å². The highest BCUT2D eigenvalue weighted by Gasteiger charge is 2.31. The van der Waals surface area contributed by atoms with Gasteiger partial charge in [-0.2, -0.15) is 0 Å². The molecular formula is C11H21ClO2. The van der Waals surface area contributed by atoms with Crippen molar-refractivity contribution >= 4 is 18.4 Å². The Morgan fingerprint density at radius 1 is 1.14 bits per heavy atom. The third kappa shape index (κ3) is 3.49. The molecule has 3 heteroatoms. The average molecular weight is 221 g/mol. The maximum absolute atomic E-state index is 10.7. The Hall–Kier alpha value is -0.240. The molecule has 1 saturated carbocycles. The third-order valence-corrected chi connectivity index (χ3v) is 3.30. The molecule has 0 aromatic carbocycles. The highest BCUT2D eigenvalue weighted by atomic mass is 35.5. The zero-order chi connectivity index (χ0) is 10.1. The smallest absolute Gasteiger partial charge is 0.306 e. The van der Waals surface area contributed by atoms with Crippen molar-refractivity contribution < 1.29 is 9.90 Å². The van der Waals surface area contributed by atoms with Gasteiger partial charge in [-0.25, -0.2) is 0 Å². The van der Waals surface area contributed by atoms with Crippen LogP contribution in [0.15, 0.2) is 0 Å². The highest BCUT2D eigenvalue weighted by Crippen LogP contribution is 2.39. The lowest BCUT2D eigenvalue weighted by Crippen LogP contribution is -2.28. The maximum atomic E-state index is 10.7. The van der Waals surface area contributed by atoms with Crippen molar-refractivity contribution in [2.24, 2.45) is 17.3 Å². The Labute approximate surface area is 92.5 Å². The van der Waals surface area contributed by atoms with E-state index in [1.807, 2.05) is 0 Å². The van der Waals surface area contributed by atoms with Gasteiger partial charge in [0.1, 0.15) is 0 Å². The van der Waals surface area contributed by atoms with Gasteiger partial charge in [0.25, 0.3) is 0 Å². The number of rotatable bonds is 1. The molecule has 0 atom stereocenters. The van der Waals surface area contributed by atoms with Crippen LogP contribution in [0.25, 0.3) is 0 Å². The van der Waals surface area contributed by atoms with Gasteiger partial charge in [-0.15, -0.1) is 12.4 Å². The van der Waals surface area contributed by atoms with Crippen LogP contribution in [-0.2, 0) is 4.79 Å². The molecule has 0 aromatic heterocycles. The van der Waals surface area contributed by atoms with Crippen LogP contribution in [0.4, 0.5) is 0 Å². The summed E-state index contributed by atoms with van der Waals surface area (Å²) in [6, 6.07) is 0. The number of carboxylic acids is 1. The second kappa shape index (κ2) is 5.01. The van der Waals surface area contributed by atoms with E-state index < -0.39 is 5.97 Å². The Bertz CT molecular complexity index is 188. The molecule has 0 aliphatic heterocycles. The van der Waals surface area contributed by atoms with Crippen molar-refractivity contribution in [3.8, 4) is 0 Å². The lowest BCUT2D eigenvalue weighted by molar-refractivity contribution is -0.143. The fraction of sp³-hybridized carbons (Fsp3) is 0.909. The summed E-state index contributed by atoms with van der Waals surface area (Å²) in [7, 11) is 0. The van der Waals surface area contributed by atoms with E-state index in [0.717, 1.165) is 25.7 Å². The number of hydrogen-bond donors (Lipinski definition) is 1. The van der Waals surface area contributed by atoms with Gasteiger partial charge in [0.15, 0.2) is 0 Å². The van der Waals surface area contributed by atoms with Gasteiger partial charge >= 0.3 is 5.97 Å². The van der Waals surface area contributed by atoms with E-state index in [9.17, 15) is 4.79 Å². The summed E-state index contributed by atoms with van der Waals surface area (Å²) in [5, 5.41) is 8.83. The lowest BCUT2D eigenvalue weighted by atomic mass is 9.70. The van der Waals surface area contributed by atoms with Crippen LogP contribution in [0.1, 0.15) is 46.5 Å². The van der Waals surface area contributed by atoms with Crippen molar-refractivity contribution in [2.45, 2.75) is 46.5 Å². The monoisotopic (exact) mass is 220 g/mol. The van der Waals surface area contributed by atoms with Crippen LogP contribution < -0.4 is 0 Å². The molecule has 14 heavy (non-hydrogen) atoms. The number of carboxylic acid groups (broad SMARTS) is 1. The lowest BCUT2D eigenvalue weighted by Gasteiger charge is -2.35. The standard InChI is InChI=1S/C11H20O2.ClH/c1-11(2,3)9-6-4-8(5-7-9)10(12)13;/h8-9H,4-7H2,1-3H3,(H,12,13);1H/t8-,9+;. The fourth-order valence-corrected chi connectivity index (χ4v) is 2.21. The van der Waals surface area contributed by atoms with Gasteiger partial charge in [-0.05, 0) is 37.0 Å². The molecule has 0 radical (unpaired) electrons. The van der Waals surface area contributed by atoms with E-state index in [2.05, 4.69) is 20.8 Å². The first kappa shape index (κ1) is 13.8. The molecule has 0 bridgehead atoms. The quantitative estimate of drug-likeness (QED) is 0.736. The normalized spacial score (nSPS) is 27.9. The first-order valence-corrected chi connectivity index (χ1v) is 5.14. The molecule has 0 spiro atoms. The van der Waals surface area contributed by atoms with Gasteiger partial charge < -0.3 is 5.11 Å². The van der Waals surface area contributed by atoms with E-state index in [-0.39, 0.29) is 18.3 Å². The summed E-state index contributed by atoms with van der Waals surface area (Å²) in [5.41, 5.74) is 0.351. The van der Waals surface area contributed by atoms with E-state index >= 15 is 0 Å². The summed E-state index contributed by atoms with van der Waals surface area (Å²) in [6.07, 6.45) is 3.91. The zero-order valence-electron chi connectivity index (χ0n) is 9.25. The summed E-state index contributed by atoms with van der Waals surface area (Å²) >= 11 is 0. The van der Waals surface area contributed by atoms with E-state index in [1.165, 1.54) is 0 Å². The van der Waals surface area contributed by atoms with Gasteiger partial charge in [0, 0.05) is 0 Å². The fourth-order valence-electron chi connectivity index (χ4n) is 2.21. The second-order valence-corrected chi connectivity index (χ2v) is 5.25. The Kier molecular flexibility index (Phi) is 4.93. The van der Waals surface area contributed by atoms with Crippen LogP contribution in [0.3, 0.4) is 0 Å². The molecule has 1 rings (SSSR count). The van der Waals surface area contributed by atoms with E-state index in [0.29, 0.717) is 11.3 Å². The van der Waals surface area contributed by atoms with Crippen molar-refractivity contribution in [3.63, 3.8) is 0 Å². The van der Waals surface area contributed by atoms with Gasteiger partial charge in [0.2, 0.25) is 0 Å². The summed E-state index contributed by atoms with van der Waals surface area (Å²) in [5.74, 6) is 0.0362. The van der Waals surface area contributed by atoms with Crippen molar-refractivity contribution in [1.82, 2.24) is 0 Å². The predicted molar refractivity (Wildman–Crippen MR) is 59.8 cm³/mol. The van der Waals surface area contributed by atoms with Crippen molar-refractivity contribution in [1.29, 1.82) is 0 Å². The Morgan fingerprint density at radius 2 is 1.57 bits per heavy atom. The number of hydrogen-bond acceptors (Lipinski definition) is 1. The minimum atomic E-state index is -0.604. The van der Waals surface area contributed by atoms with Crippen LogP contribution in [0, 0.1) is 17.3 Å². The topological polar surface area (TPSA) is 37.3 Å². The minimum absolute atomic E-state index is 0. The first-order chi connectivity index (χ1) is 5.91. The summed E-state index contributed by atoms with van der Waals surface area (Å²) in [6.45, 7) is 6.75. The van der Waals surface area contributed by atoms with E-state index in [4.69, 9.17) is 5.11 Å². The SMILES string of the molecule is CC(C)(C)[C@H]1CC[C@@H](C(=O)O)CC1.Cl. The zero-order valence-corrected chi connectivity index (χ0v) is 10.1. The third-order valence-electron chi connectivity index (χ3n) is 3.30. The molecule has 0 aromatic rings. The van der Waals surface area contributed by atoms with Crippen LogP contribution in [-0.4, -0.2) is 11.1 Å². The molecule has 0 heterocycles. The molecule has 0 amide bonds. The molecule has 0 unspecified atom stereocenters. The molecule has 84 valence electrons. The number of aliphatic carboxylic acids is 1. The maximum Gasteiger partial charge on any atom is 0.306 e. The van der Waals surface area contributed by atoms with Gasteiger partial charge in [0.05, 0.1) is 5.92 Å². The Balaban J connectivity index is 0.00000169.